The van der Waals surface area contributed by atoms with Crippen molar-refractivity contribution in [2.75, 3.05) is 20.6 Å². The summed E-state index contributed by atoms with van der Waals surface area (Å²) in [4.78, 5) is 12.1. The van der Waals surface area contributed by atoms with Crippen molar-refractivity contribution in [3.63, 3.8) is 0 Å². The maximum absolute atomic E-state index is 11.9. The van der Waals surface area contributed by atoms with Gasteiger partial charge in [-0.05, 0) is 37.1 Å². The summed E-state index contributed by atoms with van der Waals surface area (Å²) in [7, 11) is -0.406. The van der Waals surface area contributed by atoms with Gasteiger partial charge in [-0.15, -0.1) is 0 Å². The minimum absolute atomic E-state index is 0.00232. The zero-order valence-electron chi connectivity index (χ0n) is 12.3. The van der Waals surface area contributed by atoms with Crippen molar-refractivity contribution in [3.8, 4) is 0 Å². The van der Waals surface area contributed by atoms with E-state index in [1.54, 1.807) is 24.3 Å². The molecule has 2 rings (SSSR count). The zero-order chi connectivity index (χ0) is 15.5. The van der Waals surface area contributed by atoms with Gasteiger partial charge >= 0.3 is 0 Å². The Labute approximate surface area is 125 Å². The Morgan fingerprint density at radius 3 is 2.52 bits per heavy atom. The fourth-order valence-corrected chi connectivity index (χ4v) is 3.11. The summed E-state index contributed by atoms with van der Waals surface area (Å²) in [6.07, 6.45) is 1.89. The first-order chi connectivity index (χ1) is 9.91. The smallest absolute Gasteiger partial charge is 0.242 e. The summed E-state index contributed by atoms with van der Waals surface area (Å²) in [5.41, 5.74) is 0.874. The van der Waals surface area contributed by atoms with Gasteiger partial charge in [0.15, 0.2) is 0 Å². The van der Waals surface area contributed by atoms with Crippen LogP contribution in [0.4, 0.5) is 0 Å². The van der Waals surface area contributed by atoms with E-state index in [-0.39, 0.29) is 16.8 Å². The van der Waals surface area contributed by atoms with Crippen LogP contribution in [0.15, 0.2) is 29.2 Å². The van der Waals surface area contributed by atoms with Crippen molar-refractivity contribution >= 4 is 15.9 Å². The number of carbonyl (C=O) groups is 1. The fraction of sp³-hybridized carbons (Fsp3) is 0.500. The molecule has 6 nitrogen and oxygen atoms in total. The Morgan fingerprint density at radius 2 is 2.00 bits per heavy atom. The average Bonchev–Trinajstić information content (AvgIpc) is 2.99. The highest BCUT2D eigenvalue weighted by atomic mass is 32.2. The van der Waals surface area contributed by atoms with Gasteiger partial charge in [-0.25, -0.2) is 12.7 Å². The van der Waals surface area contributed by atoms with E-state index in [1.807, 2.05) is 0 Å². The van der Waals surface area contributed by atoms with Crippen LogP contribution >= 0.6 is 0 Å². The predicted molar refractivity (Wildman–Crippen MR) is 80.2 cm³/mol. The molecule has 1 aromatic rings. The largest absolute Gasteiger partial charge is 0.351 e. The summed E-state index contributed by atoms with van der Waals surface area (Å²) in [5, 5.41) is 6.00. The van der Waals surface area contributed by atoms with E-state index in [0.29, 0.717) is 6.54 Å². The highest BCUT2D eigenvalue weighted by molar-refractivity contribution is 7.89. The lowest BCUT2D eigenvalue weighted by molar-refractivity contribution is -0.122. The zero-order valence-corrected chi connectivity index (χ0v) is 13.1. The van der Waals surface area contributed by atoms with Crippen LogP contribution in [0, 0.1) is 0 Å². The number of nitrogens with one attached hydrogen (secondary N) is 2. The summed E-state index contributed by atoms with van der Waals surface area (Å²) in [6, 6.07) is 6.46. The highest BCUT2D eigenvalue weighted by Gasteiger charge is 2.21. The predicted octanol–water partition coefficient (Wildman–Crippen LogP) is 0.305. The van der Waals surface area contributed by atoms with Crippen molar-refractivity contribution in [1.82, 2.24) is 14.9 Å². The molecule has 0 saturated carbocycles. The highest BCUT2D eigenvalue weighted by Crippen LogP contribution is 2.14. The number of amides is 1. The lowest BCUT2D eigenvalue weighted by Crippen LogP contribution is -2.39. The monoisotopic (exact) mass is 311 g/mol. The Bertz CT molecular complexity index is 590. The van der Waals surface area contributed by atoms with Crippen LogP contribution in [0.5, 0.6) is 0 Å². The normalized spacial score (nSPS) is 18.9. The van der Waals surface area contributed by atoms with Crippen molar-refractivity contribution in [3.05, 3.63) is 29.8 Å². The maximum atomic E-state index is 11.9. The maximum Gasteiger partial charge on any atom is 0.242 e. The molecule has 2 N–H and O–H groups in total. The van der Waals surface area contributed by atoms with E-state index >= 15 is 0 Å². The van der Waals surface area contributed by atoms with Crippen LogP contribution in [0.2, 0.25) is 0 Å². The van der Waals surface area contributed by atoms with Crippen molar-refractivity contribution in [2.24, 2.45) is 0 Å². The molecule has 0 bridgehead atoms. The SMILES string of the molecule is CN(C)S(=O)(=O)c1ccc(CNC(=O)C2CCCN2)cc1. The average molecular weight is 311 g/mol. The number of nitrogens with zero attached hydrogens (tertiary/aromatic N) is 1. The number of hydrogen-bond donors (Lipinski definition) is 2. The molecule has 0 radical (unpaired) electrons. The lowest BCUT2D eigenvalue weighted by atomic mass is 10.2. The molecule has 0 aliphatic carbocycles. The molecule has 1 fully saturated rings. The second-order valence-corrected chi connectivity index (χ2v) is 7.45. The number of benzene rings is 1. The summed E-state index contributed by atoms with van der Waals surface area (Å²) < 4.78 is 25.0. The topological polar surface area (TPSA) is 78.5 Å². The third-order valence-corrected chi connectivity index (χ3v) is 5.37. The molecule has 1 saturated heterocycles. The van der Waals surface area contributed by atoms with E-state index < -0.39 is 10.0 Å². The molecule has 0 aromatic heterocycles. The van der Waals surface area contributed by atoms with Gasteiger partial charge < -0.3 is 10.6 Å². The molecule has 1 amide bonds. The van der Waals surface area contributed by atoms with Crippen LogP contribution in [0.3, 0.4) is 0 Å². The van der Waals surface area contributed by atoms with Gasteiger partial charge in [0.2, 0.25) is 15.9 Å². The molecule has 7 heteroatoms. The first-order valence-corrected chi connectivity index (χ1v) is 8.38. The third kappa shape index (κ3) is 3.81. The van der Waals surface area contributed by atoms with Crippen molar-refractivity contribution < 1.29 is 13.2 Å². The van der Waals surface area contributed by atoms with E-state index in [0.717, 1.165) is 24.9 Å². The van der Waals surface area contributed by atoms with Gasteiger partial charge in [-0.2, -0.15) is 0 Å². The van der Waals surface area contributed by atoms with Crippen LogP contribution in [0.1, 0.15) is 18.4 Å². The number of hydrogen-bond acceptors (Lipinski definition) is 4. The lowest BCUT2D eigenvalue weighted by Gasteiger charge is -2.13. The van der Waals surface area contributed by atoms with Crippen LogP contribution in [-0.2, 0) is 21.4 Å². The first kappa shape index (κ1) is 15.9. The van der Waals surface area contributed by atoms with Crippen LogP contribution in [0.25, 0.3) is 0 Å². The fourth-order valence-electron chi connectivity index (χ4n) is 2.21. The van der Waals surface area contributed by atoms with Crippen LogP contribution in [-0.4, -0.2) is 45.3 Å². The van der Waals surface area contributed by atoms with E-state index in [2.05, 4.69) is 10.6 Å². The first-order valence-electron chi connectivity index (χ1n) is 6.94. The minimum atomic E-state index is -3.40. The summed E-state index contributed by atoms with van der Waals surface area (Å²) in [5.74, 6) is -0.00232. The van der Waals surface area contributed by atoms with Gasteiger partial charge in [0.05, 0.1) is 10.9 Å². The second-order valence-electron chi connectivity index (χ2n) is 5.30. The molecule has 0 spiro atoms. The molecule has 21 heavy (non-hydrogen) atoms. The Kier molecular flexibility index (Phi) is 4.97. The molecule has 1 aliphatic heterocycles. The molecule has 116 valence electrons. The molecule has 1 heterocycles. The van der Waals surface area contributed by atoms with Gasteiger partial charge in [-0.1, -0.05) is 12.1 Å². The minimum Gasteiger partial charge on any atom is -0.351 e. The Morgan fingerprint density at radius 1 is 1.33 bits per heavy atom. The van der Waals surface area contributed by atoms with E-state index in [1.165, 1.54) is 18.4 Å². The molecule has 1 aliphatic rings. The standard InChI is InChI=1S/C14H21N3O3S/c1-17(2)21(19,20)12-7-5-11(6-8-12)10-16-14(18)13-4-3-9-15-13/h5-8,13,15H,3-4,9-10H2,1-2H3,(H,16,18). The number of carbonyl (C=O) groups excluding carboxylic acids is 1. The summed E-state index contributed by atoms with van der Waals surface area (Å²) in [6.45, 7) is 1.29. The van der Waals surface area contributed by atoms with Gasteiger partial charge in [0.1, 0.15) is 0 Å². The Hall–Kier alpha value is -1.44. The number of rotatable bonds is 5. The van der Waals surface area contributed by atoms with Crippen molar-refractivity contribution in [1.29, 1.82) is 0 Å². The number of sulfonamides is 1. The molecule has 1 atom stereocenters. The van der Waals surface area contributed by atoms with Gasteiger partial charge in [0, 0.05) is 20.6 Å². The van der Waals surface area contributed by atoms with Crippen LogP contribution < -0.4 is 10.6 Å². The molecular formula is C14H21N3O3S. The molecule has 1 aromatic carbocycles. The van der Waals surface area contributed by atoms with E-state index in [4.69, 9.17) is 0 Å². The summed E-state index contributed by atoms with van der Waals surface area (Å²) >= 11 is 0. The van der Waals surface area contributed by atoms with Gasteiger partial charge in [-0.3, -0.25) is 4.79 Å². The quantitative estimate of drug-likeness (QED) is 0.820. The van der Waals surface area contributed by atoms with E-state index in [9.17, 15) is 13.2 Å². The second kappa shape index (κ2) is 6.55. The third-order valence-electron chi connectivity index (χ3n) is 3.55. The molecular weight excluding hydrogens is 290 g/mol. The van der Waals surface area contributed by atoms with Gasteiger partial charge in [0.25, 0.3) is 0 Å². The molecule has 1 unspecified atom stereocenters. The van der Waals surface area contributed by atoms with Crippen molar-refractivity contribution in [2.45, 2.75) is 30.3 Å². The Balaban J connectivity index is 1.95.